The SMILES string of the molecule is CC(C)c1cccc(C(C)C)c1NC(=O)COC(=O)c1ccccc1NC(=O)c1ccccc1. The van der Waals surface area contributed by atoms with Crippen LogP contribution in [0.25, 0.3) is 0 Å². The minimum atomic E-state index is -0.694. The van der Waals surface area contributed by atoms with E-state index in [0.717, 1.165) is 16.8 Å². The summed E-state index contributed by atoms with van der Waals surface area (Å²) in [5.74, 6) is -1.02. The van der Waals surface area contributed by atoms with Crippen LogP contribution >= 0.6 is 0 Å². The molecule has 0 saturated heterocycles. The van der Waals surface area contributed by atoms with Crippen molar-refractivity contribution < 1.29 is 19.1 Å². The maximum Gasteiger partial charge on any atom is 0.340 e. The second-order valence-corrected chi connectivity index (χ2v) is 8.61. The second kappa shape index (κ2) is 11.3. The smallest absolute Gasteiger partial charge is 0.340 e. The summed E-state index contributed by atoms with van der Waals surface area (Å²) in [5, 5.41) is 5.67. The molecule has 0 atom stereocenters. The van der Waals surface area contributed by atoms with E-state index in [2.05, 4.69) is 38.3 Å². The van der Waals surface area contributed by atoms with E-state index in [-0.39, 0.29) is 23.3 Å². The molecule has 0 aliphatic heterocycles. The summed E-state index contributed by atoms with van der Waals surface area (Å²) < 4.78 is 5.29. The van der Waals surface area contributed by atoms with Gasteiger partial charge in [-0.15, -0.1) is 0 Å². The zero-order chi connectivity index (χ0) is 24.7. The maximum atomic E-state index is 12.7. The van der Waals surface area contributed by atoms with Crippen molar-refractivity contribution >= 4 is 29.2 Å². The molecule has 2 N–H and O–H groups in total. The van der Waals surface area contributed by atoms with Gasteiger partial charge < -0.3 is 15.4 Å². The van der Waals surface area contributed by atoms with Crippen molar-refractivity contribution in [3.8, 4) is 0 Å². The average molecular weight is 459 g/mol. The van der Waals surface area contributed by atoms with Gasteiger partial charge in [0.05, 0.1) is 11.3 Å². The number of anilines is 2. The van der Waals surface area contributed by atoms with Crippen molar-refractivity contribution in [2.45, 2.75) is 39.5 Å². The number of nitrogens with one attached hydrogen (secondary N) is 2. The lowest BCUT2D eigenvalue weighted by molar-refractivity contribution is -0.119. The van der Waals surface area contributed by atoms with Crippen LogP contribution in [0.15, 0.2) is 72.8 Å². The van der Waals surface area contributed by atoms with Crippen LogP contribution in [0, 0.1) is 0 Å². The summed E-state index contributed by atoms with van der Waals surface area (Å²) in [6.07, 6.45) is 0. The van der Waals surface area contributed by atoms with Crippen LogP contribution in [-0.4, -0.2) is 24.4 Å². The third-order valence-corrected chi connectivity index (χ3v) is 5.40. The lowest BCUT2D eigenvalue weighted by Gasteiger charge is -2.20. The summed E-state index contributed by atoms with van der Waals surface area (Å²) in [4.78, 5) is 37.9. The van der Waals surface area contributed by atoms with Crippen molar-refractivity contribution in [2.24, 2.45) is 0 Å². The lowest BCUT2D eigenvalue weighted by Crippen LogP contribution is -2.23. The molecule has 0 spiro atoms. The molecule has 0 aromatic heterocycles. The third-order valence-electron chi connectivity index (χ3n) is 5.40. The number of esters is 1. The van der Waals surface area contributed by atoms with E-state index < -0.39 is 18.5 Å². The van der Waals surface area contributed by atoms with Gasteiger partial charge in [-0.25, -0.2) is 4.79 Å². The maximum absolute atomic E-state index is 12.7. The first-order valence-electron chi connectivity index (χ1n) is 11.3. The topological polar surface area (TPSA) is 84.5 Å². The highest BCUT2D eigenvalue weighted by Crippen LogP contribution is 2.32. The lowest BCUT2D eigenvalue weighted by atomic mass is 9.92. The minimum absolute atomic E-state index is 0.171. The summed E-state index contributed by atoms with van der Waals surface area (Å²) in [5.41, 5.74) is 3.78. The van der Waals surface area contributed by atoms with E-state index in [0.29, 0.717) is 11.3 Å². The van der Waals surface area contributed by atoms with Crippen molar-refractivity contribution in [1.82, 2.24) is 0 Å². The van der Waals surface area contributed by atoms with E-state index in [1.165, 1.54) is 0 Å². The predicted octanol–water partition coefficient (Wildman–Crippen LogP) is 5.98. The number of para-hydroxylation sites is 2. The standard InChI is InChI=1S/C28H30N2O4/c1-18(2)21-14-10-15-22(19(3)4)26(21)30-25(31)17-34-28(33)23-13-8-9-16-24(23)29-27(32)20-11-6-5-7-12-20/h5-16,18-19H,17H2,1-4H3,(H,29,32)(H,30,31). The van der Waals surface area contributed by atoms with Gasteiger partial charge in [0.15, 0.2) is 6.61 Å². The summed E-state index contributed by atoms with van der Waals surface area (Å²) in [6, 6.07) is 21.2. The average Bonchev–Trinajstić information content (AvgIpc) is 2.83. The van der Waals surface area contributed by atoms with Gasteiger partial charge in [0.2, 0.25) is 0 Å². The number of hydrogen-bond acceptors (Lipinski definition) is 4. The molecule has 0 saturated carbocycles. The Morgan fingerprint density at radius 1 is 0.735 bits per heavy atom. The molecule has 3 aromatic rings. The Balaban J connectivity index is 1.69. The van der Waals surface area contributed by atoms with E-state index in [1.54, 1.807) is 48.5 Å². The Morgan fingerprint density at radius 3 is 1.94 bits per heavy atom. The van der Waals surface area contributed by atoms with Gasteiger partial charge in [0, 0.05) is 11.3 Å². The number of ether oxygens (including phenoxy) is 1. The minimum Gasteiger partial charge on any atom is -0.452 e. The molecule has 2 amide bonds. The Kier molecular flexibility index (Phi) is 8.19. The normalized spacial score (nSPS) is 10.8. The Hall–Kier alpha value is -3.93. The molecule has 176 valence electrons. The number of carbonyl (C=O) groups excluding carboxylic acids is 3. The molecule has 0 aliphatic carbocycles. The number of rotatable bonds is 8. The number of benzene rings is 3. The van der Waals surface area contributed by atoms with Crippen molar-refractivity contribution in [3.05, 3.63) is 95.1 Å². The highest BCUT2D eigenvalue weighted by atomic mass is 16.5. The van der Waals surface area contributed by atoms with Gasteiger partial charge in [-0.2, -0.15) is 0 Å². The highest BCUT2D eigenvalue weighted by Gasteiger charge is 2.19. The molecule has 0 heterocycles. The molecule has 0 aliphatic rings. The van der Waals surface area contributed by atoms with Gasteiger partial charge in [0.1, 0.15) is 0 Å². The molecule has 6 heteroatoms. The van der Waals surface area contributed by atoms with Gasteiger partial charge in [-0.3, -0.25) is 9.59 Å². The summed E-state index contributed by atoms with van der Waals surface area (Å²) >= 11 is 0. The zero-order valence-corrected chi connectivity index (χ0v) is 19.9. The third kappa shape index (κ3) is 6.10. The van der Waals surface area contributed by atoms with E-state index in [9.17, 15) is 14.4 Å². The van der Waals surface area contributed by atoms with Gasteiger partial charge in [-0.1, -0.05) is 76.2 Å². The first-order chi connectivity index (χ1) is 16.3. The summed E-state index contributed by atoms with van der Waals surface area (Å²) in [7, 11) is 0. The predicted molar refractivity (Wildman–Crippen MR) is 134 cm³/mol. The fourth-order valence-electron chi connectivity index (χ4n) is 3.63. The van der Waals surface area contributed by atoms with Gasteiger partial charge in [-0.05, 0) is 47.2 Å². The van der Waals surface area contributed by atoms with Crippen LogP contribution in [0.2, 0.25) is 0 Å². The monoisotopic (exact) mass is 458 g/mol. The van der Waals surface area contributed by atoms with E-state index >= 15 is 0 Å². The Morgan fingerprint density at radius 2 is 1.32 bits per heavy atom. The van der Waals surface area contributed by atoms with Crippen molar-refractivity contribution in [2.75, 3.05) is 17.2 Å². The van der Waals surface area contributed by atoms with E-state index in [1.807, 2.05) is 24.3 Å². The van der Waals surface area contributed by atoms with Crippen LogP contribution in [0.3, 0.4) is 0 Å². The van der Waals surface area contributed by atoms with Crippen molar-refractivity contribution in [3.63, 3.8) is 0 Å². The van der Waals surface area contributed by atoms with Crippen LogP contribution in [0.1, 0.15) is 71.4 Å². The molecule has 34 heavy (non-hydrogen) atoms. The molecule has 6 nitrogen and oxygen atoms in total. The molecule has 0 unspecified atom stereocenters. The van der Waals surface area contributed by atoms with E-state index in [4.69, 9.17) is 4.74 Å². The quantitative estimate of drug-likeness (QED) is 0.407. The van der Waals surface area contributed by atoms with Gasteiger partial charge in [0.25, 0.3) is 11.8 Å². The van der Waals surface area contributed by atoms with Crippen LogP contribution < -0.4 is 10.6 Å². The first-order valence-corrected chi connectivity index (χ1v) is 11.3. The fraction of sp³-hybridized carbons (Fsp3) is 0.250. The molecular weight excluding hydrogens is 428 g/mol. The van der Waals surface area contributed by atoms with Crippen LogP contribution in [0.5, 0.6) is 0 Å². The van der Waals surface area contributed by atoms with Crippen LogP contribution in [0.4, 0.5) is 11.4 Å². The summed E-state index contributed by atoms with van der Waals surface area (Å²) in [6.45, 7) is 7.82. The molecule has 3 aromatic carbocycles. The second-order valence-electron chi connectivity index (χ2n) is 8.61. The first kappa shape index (κ1) is 24.7. The Bertz CT molecular complexity index is 1140. The molecule has 0 fully saturated rings. The number of carbonyl (C=O) groups is 3. The fourth-order valence-corrected chi connectivity index (χ4v) is 3.63. The number of amides is 2. The Labute approximate surface area is 200 Å². The van der Waals surface area contributed by atoms with Crippen LogP contribution in [-0.2, 0) is 9.53 Å². The number of hydrogen-bond donors (Lipinski definition) is 2. The van der Waals surface area contributed by atoms with Crippen molar-refractivity contribution in [1.29, 1.82) is 0 Å². The highest BCUT2D eigenvalue weighted by molar-refractivity contribution is 6.08. The zero-order valence-electron chi connectivity index (χ0n) is 19.9. The molecular formula is C28H30N2O4. The van der Waals surface area contributed by atoms with Gasteiger partial charge >= 0.3 is 5.97 Å². The molecule has 0 bridgehead atoms. The largest absolute Gasteiger partial charge is 0.452 e. The molecule has 3 rings (SSSR count). The molecule has 0 radical (unpaired) electrons.